The van der Waals surface area contributed by atoms with Crippen LogP contribution < -0.4 is 5.32 Å². The summed E-state index contributed by atoms with van der Waals surface area (Å²) in [6.45, 7) is 5.73. The highest BCUT2D eigenvalue weighted by Crippen LogP contribution is 2.17. The van der Waals surface area contributed by atoms with Crippen LogP contribution in [0.5, 0.6) is 0 Å². The number of nitrogens with zero attached hydrogens (tertiary/aromatic N) is 2. The Morgan fingerprint density at radius 3 is 2.94 bits per heavy atom. The molecule has 0 aliphatic carbocycles. The molecule has 6 heteroatoms. The normalized spacial score (nSPS) is 12.4. The van der Waals surface area contributed by atoms with Crippen LogP contribution in [0.4, 0.5) is 0 Å². The molecule has 18 heavy (non-hydrogen) atoms. The summed E-state index contributed by atoms with van der Waals surface area (Å²) in [6, 6.07) is 1.47. The van der Waals surface area contributed by atoms with E-state index >= 15 is 0 Å². The lowest BCUT2D eigenvalue weighted by Gasteiger charge is -2.09. The topological polar surface area (TPSA) is 68.0 Å². The van der Waals surface area contributed by atoms with E-state index in [1.165, 1.54) is 0 Å². The Kier molecular flexibility index (Phi) is 3.76. The minimum Gasteiger partial charge on any atom is -0.351 e. The van der Waals surface area contributed by atoms with Crippen molar-refractivity contribution in [2.45, 2.75) is 33.2 Å². The Bertz CT molecular complexity index is 547. The first kappa shape index (κ1) is 12.8. The molecule has 2 rings (SSSR count). The molecule has 0 fully saturated rings. The second-order valence-corrected chi connectivity index (χ2v) is 4.99. The monoisotopic (exact) mass is 265 g/mol. The first-order chi connectivity index (χ1) is 8.60. The molecule has 0 aromatic carbocycles. The Morgan fingerprint density at radius 1 is 1.61 bits per heavy atom. The van der Waals surface area contributed by atoms with E-state index in [2.05, 4.69) is 22.4 Å². The maximum atomic E-state index is 11.8. The summed E-state index contributed by atoms with van der Waals surface area (Å²) < 4.78 is 4.91. The molecule has 2 aromatic heterocycles. The van der Waals surface area contributed by atoms with E-state index in [0.717, 1.165) is 17.1 Å². The highest BCUT2D eigenvalue weighted by Gasteiger charge is 2.17. The van der Waals surface area contributed by atoms with Gasteiger partial charge >= 0.3 is 0 Å². The van der Waals surface area contributed by atoms with Crippen LogP contribution in [0.3, 0.4) is 0 Å². The largest absolute Gasteiger partial charge is 0.351 e. The second-order valence-electron chi connectivity index (χ2n) is 4.05. The van der Waals surface area contributed by atoms with Gasteiger partial charge in [0, 0.05) is 11.4 Å². The molecule has 1 N–H and O–H groups in total. The SMILES string of the molecule is CCc1nc([C@H](C)NC(=O)c2cc(C)no2)cs1. The van der Waals surface area contributed by atoms with Gasteiger partial charge in [-0.2, -0.15) is 0 Å². The zero-order chi connectivity index (χ0) is 13.1. The molecule has 1 amide bonds. The average molecular weight is 265 g/mol. The lowest BCUT2D eigenvalue weighted by molar-refractivity contribution is 0.0902. The number of carbonyl (C=O) groups excluding carboxylic acids is 1. The first-order valence-corrected chi connectivity index (χ1v) is 6.66. The predicted octanol–water partition coefficient (Wildman–Crippen LogP) is 2.49. The van der Waals surface area contributed by atoms with Gasteiger partial charge in [0.25, 0.3) is 5.91 Å². The number of amides is 1. The van der Waals surface area contributed by atoms with Crippen LogP contribution in [0.1, 0.15) is 46.8 Å². The van der Waals surface area contributed by atoms with Crippen molar-refractivity contribution in [1.82, 2.24) is 15.5 Å². The molecule has 2 aromatic rings. The summed E-state index contributed by atoms with van der Waals surface area (Å²) in [7, 11) is 0. The Labute approximate surface area is 109 Å². The molecule has 5 nitrogen and oxygen atoms in total. The molecule has 0 unspecified atom stereocenters. The van der Waals surface area contributed by atoms with Crippen molar-refractivity contribution in [3.63, 3.8) is 0 Å². The van der Waals surface area contributed by atoms with E-state index in [9.17, 15) is 4.79 Å². The van der Waals surface area contributed by atoms with Crippen molar-refractivity contribution in [3.8, 4) is 0 Å². The summed E-state index contributed by atoms with van der Waals surface area (Å²) >= 11 is 1.61. The number of hydrogen-bond donors (Lipinski definition) is 1. The van der Waals surface area contributed by atoms with E-state index in [-0.39, 0.29) is 17.7 Å². The second kappa shape index (κ2) is 5.30. The van der Waals surface area contributed by atoms with Crippen LogP contribution in [0.15, 0.2) is 16.0 Å². The van der Waals surface area contributed by atoms with Crippen molar-refractivity contribution < 1.29 is 9.32 Å². The molecule has 0 saturated heterocycles. The minimum absolute atomic E-state index is 0.139. The average Bonchev–Trinajstić information content (AvgIpc) is 2.97. The fourth-order valence-electron chi connectivity index (χ4n) is 1.50. The molecule has 1 atom stereocenters. The third kappa shape index (κ3) is 2.76. The molecule has 2 heterocycles. The van der Waals surface area contributed by atoms with Crippen molar-refractivity contribution in [1.29, 1.82) is 0 Å². The number of rotatable bonds is 4. The van der Waals surface area contributed by atoms with Gasteiger partial charge in [-0.05, 0) is 20.3 Å². The zero-order valence-corrected chi connectivity index (χ0v) is 11.4. The van der Waals surface area contributed by atoms with Gasteiger partial charge in [-0.1, -0.05) is 12.1 Å². The zero-order valence-electron chi connectivity index (χ0n) is 10.6. The highest BCUT2D eigenvalue weighted by molar-refractivity contribution is 7.09. The molecule has 0 bridgehead atoms. The quantitative estimate of drug-likeness (QED) is 0.922. The van der Waals surface area contributed by atoms with Crippen LogP contribution in [0.25, 0.3) is 0 Å². The standard InChI is InChI=1S/C12H15N3O2S/c1-4-11-14-9(6-18-11)8(3)13-12(16)10-5-7(2)15-17-10/h5-6,8H,4H2,1-3H3,(H,13,16)/t8-/m0/s1. The number of aromatic nitrogens is 2. The number of hydrogen-bond acceptors (Lipinski definition) is 5. The fraction of sp³-hybridized carbons (Fsp3) is 0.417. The molecule has 0 aliphatic heterocycles. The number of carbonyl (C=O) groups is 1. The number of aryl methyl sites for hydroxylation is 2. The van der Waals surface area contributed by atoms with Crippen molar-refractivity contribution >= 4 is 17.2 Å². The lowest BCUT2D eigenvalue weighted by atomic mass is 10.2. The summed E-state index contributed by atoms with van der Waals surface area (Å²) in [6.07, 6.45) is 0.909. The number of thiazole rings is 1. The van der Waals surface area contributed by atoms with Gasteiger partial charge in [0.2, 0.25) is 5.76 Å². The third-order valence-electron chi connectivity index (χ3n) is 2.51. The van der Waals surface area contributed by atoms with Crippen LogP contribution >= 0.6 is 11.3 Å². The molecule has 96 valence electrons. The van der Waals surface area contributed by atoms with Crippen LogP contribution in [-0.2, 0) is 6.42 Å². The van der Waals surface area contributed by atoms with Crippen molar-refractivity contribution in [2.75, 3.05) is 0 Å². The molecule has 0 radical (unpaired) electrons. The Hall–Kier alpha value is -1.69. The highest BCUT2D eigenvalue weighted by atomic mass is 32.1. The summed E-state index contributed by atoms with van der Waals surface area (Å²) in [4.78, 5) is 16.3. The van der Waals surface area contributed by atoms with Gasteiger partial charge < -0.3 is 9.84 Å². The van der Waals surface area contributed by atoms with Crippen LogP contribution in [0.2, 0.25) is 0 Å². The molecule has 0 aliphatic rings. The molecule has 0 saturated carbocycles. The predicted molar refractivity (Wildman–Crippen MR) is 68.6 cm³/mol. The first-order valence-electron chi connectivity index (χ1n) is 5.78. The molecule has 0 spiro atoms. The summed E-state index contributed by atoms with van der Waals surface area (Å²) in [5, 5.41) is 9.56. The van der Waals surface area contributed by atoms with Gasteiger partial charge in [-0.25, -0.2) is 4.98 Å². The van der Waals surface area contributed by atoms with E-state index in [1.54, 1.807) is 24.3 Å². The van der Waals surface area contributed by atoms with E-state index in [4.69, 9.17) is 4.52 Å². The van der Waals surface area contributed by atoms with E-state index < -0.39 is 0 Å². The molecular weight excluding hydrogens is 250 g/mol. The maximum Gasteiger partial charge on any atom is 0.290 e. The lowest BCUT2D eigenvalue weighted by Crippen LogP contribution is -2.26. The van der Waals surface area contributed by atoms with E-state index in [0.29, 0.717) is 5.69 Å². The van der Waals surface area contributed by atoms with E-state index in [1.807, 2.05) is 12.3 Å². The van der Waals surface area contributed by atoms with Gasteiger partial charge in [0.05, 0.1) is 22.4 Å². The van der Waals surface area contributed by atoms with Gasteiger partial charge in [0.1, 0.15) is 0 Å². The van der Waals surface area contributed by atoms with Crippen LogP contribution in [0, 0.1) is 6.92 Å². The minimum atomic E-state index is -0.269. The summed E-state index contributed by atoms with van der Waals surface area (Å²) in [5.74, 6) is -0.0422. The number of nitrogens with one attached hydrogen (secondary N) is 1. The molecular formula is C12H15N3O2S. The fourth-order valence-corrected chi connectivity index (χ4v) is 2.34. The van der Waals surface area contributed by atoms with Crippen LogP contribution in [-0.4, -0.2) is 16.0 Å². The maximum absolute atomic E-state index is 11.8. The Balaban J connectivity index is 2.02. The van der Waals surface area contributed by atoms with Gasteiger partial charge in [-0.3, -0.25) is 4.79 Å². The Morgan fingerprint density at radius 2 is 2.39 bits per heavy atom. The van der Waals surface area contributed by atoms with Gasteiger partial charge in [-0.15, -0.1) is 11.3 Å². The van der Waals surface area contributed by atoms with Crippen molar-refractivity contribution in [3.05, 3.63) is 33.6 Å². The third-order valence-corrected chi connectivity index (χ3v) is 3.53. The summed E-state index contributed by atoms with van der Waals surface area (Å²) in [5.41, 5.74) is 1.57. The smallest absolute Gasteiger partial charge is 0.290 e. The van der Waals surface area contributed by atoms with Crippen molar-refractivity contribution in [2.24, 2.45) is 0 Å². The van der Waals surface area contributed by atoms with Gasteiger partial charge in [0.15, 0.2) is 0 Å².